The van der Waals surface area contributed by atoms with Crippen molar-refractivity contribution in [2.45, 2.75) is 38.5 Å². The van der Waals surface area contributed by atoms with Crippen LogP contribution in [-0.2, 0) is 4.79 Å². The number of nitrogens with one attached hydrogen (secondary N) is 2. The second-order valence-electron chi connectivity index (χ2n) is 7.79. The third kappa shape index (κ3) is 7.77. The van der Waals surface area contributed by atoms with Crippen LogP contribution in [0, 0.1) is 16.0 Å². The molecule has 0 radical (unpaired) electrons. The summed E-state index contributed by atoms with van der Waals surface area (Å²) in [5.41, 5.74) is 1.25. The molecule has 0 atom stereocenters. The molecule has 7 nitrogen and oxygen atoms in total. The average molecular weight is 454 g/mol. The Bertz CT molecular complexity index is 969. The fraction of sp³-hybridized carbons (Fsp3) is 0.333. The third-order valence-corrected chi connectivity index (χ3v) is 5.58. The van der Waals surface area contributed by atoms with Crippen LogP contribution in [-0.4, -0.2) is 22.5 Å². The Morgan fingerprint density at radius 3 is 2.62 bits per heavy atom. The van der Waals surface area contributed by atoms with Crippen molar-refractivity contribution in [2.75, 3.05) is 11.9 Å². The lowest BCUT2D eigenvalue weighted by molar-refractivity contribution is -0.384. The molecule has 0 unspecified atom stereocenters. The highest BCUT2D eigenvalue weighted by Gasteiger charge is 2.13. The Kier molecular flexibility index (Phi) is 8.74. The number of nitro benzene ring substituents is 1. The molecule has 8 heteroatoms. The number of hydrogen-bond donors (Lipinski definition) is 2. The Hall–Kier alpha value is -3.26. The van der Waals surface area contributed by atoms with Crippen LogP contribution < -0.4 is 15.4 Å². The normalized spacial score (nSPS) is 14.1. The minimum absolute atomic E-state index is 0.0360. The van der Waals surface area contributed by atoms with Crippen LogP contribution in [0.1, 0.15) is 44.1 Å². The van der Waals surface area contributed by atoms with Gasteiger partial charge in [0, 0.05) is 23.9 Å². The first kappa shape index (κ1) is 23.4. The number of anilines is 1. The second-order valence-corrected chi connectivity index (χ2v) is 8.20. The molecule has 0 aliphatic heterocycles. The number of non-ortho nitro benzene ring substituents is 1. The summed E-state index contributed by atoms with van der Waals surface area (Å²) in [4.78, 5) is 22.4. The summed E-state index contributed by atoms with van der Waals surface area (Å²) in [6.07, 6.45) is 10.5. The molecule has 1 aliphatic rings. The molecule has 0 aromatic heterocycles. The molecular weight excluding hydrogens is 426 g/mol. The fourth-order valence-electron chi connectivity index (χ4n) is 3.68. The Morgan fingerprint density at radius 2 is 1.91 bits per heavy atom. The zero-order chi connectivity index (χ0) is 22.8. The molecule has 0 spiro atoms. The molecule has 2 N–H and O–H groups in total. The maximum absolute atomic E-state index is 12.1. The van der Waals surface area contributed by atoms with Gasteiger partial charge < -0.3 is 10.1 Å². The number of thiocarbonyl (C=S) groups is 1. The molecule has 0 heterocycles. The minimum Gasteiger partial charge on any atom is -0.494 e. The highest BCUT2D eigenvalue weighted by molar-refractivity contribution is 7.80. The maximum Gasteiger partial charge on any atom is 0.270 e. The largest absolute Gasteiger partial charge is 0.494 e. The first-order valence-corrected chi connectivity index (χ1v) is 11.2. The molecule has 2 aromatic carbocycles. The number of ether oxygens (including phenoxy) is 1. The quantitative estimate of drug-likeness (QED) is 0.238. The first-order valence-electron chi connectivity index (χ1n) is 10.8. The van der Waals surface area contributed by atoms with Crippen LogP contribution in [0.5, 0.6) is 5.75 Å². The average Bonchev–Trinajstić information content (AvgIpc) is 2.80. The number of carbonyl (C=O) groups is 1. The molecule has 1 saturated carbocycles. The van der Waals surface area contributed by atoms with E-state index >= 15 is 0 Å². The number of hydrogen-bond acceptors (Lipinski definition) is 5. The van der Waals surface area contributed by atoms with Gasteiger partial charge in [0.1, 0.15) is 5.75 Å². The van der Waals surface area contributed by atoms with E-state index in [1.807, 2.05) is 24.3 Å². The Balaban J connectivity index is 1.41. The molecule has 0 bridgehead atoms. The summed E-state index contributed by atoms with van der Waals surface area (Å²) in [5, 5.41) is 16.5. The van der Waals surface area contributed by atoms with Gasteiger partial charge in [-0.2, -0.15) is 0 Å². The number of nitro groups is 1. The highest BCUT2D eigenvalue weighted by atomic mass is 32.1. The predicted octanol–water partition coefficient (Wildman–Crippen LogP) is 5.47. The summed E-state index contributed by atoms with van der Waals surface area (Å²) < 4.78 is 5.85. The minimum atomic E-state index is -0.483. The third-order valence-electron chi connectivity index (χ3n) is 5.38. The van der Waals surface area contributed by atoms with E-state index in [2.05, 4.69) is 10.6 Å². The van der Waals surface area contributed by atoms with E-state index in [4.69, 9.17) is 17.0 Å². The standard InChI is InChI=1S/C24H27N3O4S/c28-23(14-9-19-7-4-8-21(17-19)27(29)30)26-24(32)25-20-10-12-22(13-11-20)31-16-15-18-5-2-1-3-6-18/h4,7-14,17-18H,1-3,5-6,15-16H2,(H2,25,26,28,32)/b14-9+. The van der Waals surface area contributed by atoms with Crippen LogP contribution in [0.3, 0.4) is 0 Å². The van der Waals surface area contributed by atoms with Crippen molar-refractivity contribution in [2.24, 2.45) is 5.92 Å². The number of amides is 1. The van der Waals surface area contributed by atoms with E-state index in [1.54, 1.807) is 12.1 Å². The van der Waals surface area contributed by atoms with Gasteiger partial charge in [0.2, 0.25) is 5.91 Å². The van der Waals surface area contributed by atoms with Gasteiger partial charge in [-0.05, 0) is 60.5 Å². The Morgan fingerprint density at radius 1 is 1.16 bits per heavy atom. The molecular formula is C24H27N3O4S. The van der Waals surface area contributed by atoms with E-state index in [0.717, 1.165) is 30.4 Å². The van der Waals surface area contributed by atoms with Crippen LogP contribution >= 0.6 is 12.2 Å². The van der Waals surface area contributed by atoms with Gasteiger partial charge in [0.05, 0.1) is 11.5 Å². The van der Waals surface area contributed by atoms with Gasteiger partial charge in [0.25, 0.3) is 5.69 Å². The van der Waals surface area contributed by atoms with Crippen molar-refractivity contribution >= 4 is 40.7 Å². The van der Waals surface area contributed by atoms with E-state index in [-0.39, 0.29) is 10.8 Å². The van der Waals surface area contributed by atoms with Crippen molar-refractivity contribution in [3.63, 3.8) is 0 Å². The summed E-state index contributed by atoms with van der Waals surface area (Å²) in [6.45, 7) is 0.725. The van der Waals surface area contributed by atoms with Crippen molar-refractivity contribution in [3.8, 4) is 5.75 Å². The molecule has 1 fully saturated rings. The van der Waals surface area contributed by atoms with Gasteiger partial charge in [-0.1, -0.05) is 44.2 Å². The SMILES string of the molecule is O=C(/C=C/c1cccc([N+](=O)[O-])c1)NC(=S)Nc1ccc(OCCC2CCCCC2)cc1. The van der Waals surface area contributed by atoms with E-state index in [0.29, 0.717) is 5.56 Å². The number of carbonyl (C=O) groups excluding carboxylic acids is 1. The van der Waals surface area contributed by atoms with Gasteiger partial charge >= 0.3 is 0 Å². The molecule has 0 saturated heterocycles. The zero-order valence-electron chi connectivity index (χ0n) is 17.8. The van der Waals surface area contributed by atoms with Crippen molar-refractivity contribution in [1.82, 2.24) is 5.32 Å². The van der Waals surface area contributed by atoms with Crippen LogP contribution in [0.2, 0.25) is 0 Å². The number of nitrogens with zero attached hydrogens (tertiary/aromatic N) is 1. The molecule has 1 aliphatic carbocycles. The van der Waals surface area contributed by atoms with Crippen LogP contribution in [0.4, 0.5) is 11.4 Å². The summed E-state index contributed by atoms with van der Waals surface area (Å²) in [6, 6.07) is 13.4. The lowest BCUT2D eigenvalue weighted by atomic mass is 9.87. The molecule has 1 amide bonds. The van der Waals surface area contributed by atoms with E-state index in [1.165, 1.54) is 56.4 Å². The van der Waals surface area contributed by atoms with Gasteiger partial charge in [-0.25, -0.2) is 0 Å². The molecule has 2 aromatic rings. The molecule has 32 heavy (non-hydrogen) atoms. The lowest BCUT2D eigenvalue weighted by Crippen LogP contribution is -2.32. The summed E-state index contributed by atoms with van der Waals surface area (Å²) in [5.74, 6) is 1.16. The van der Waals surface area contributed by atoms with Crippen molar-refractivity contribution in [1.29, 1.82) is 0 Å². The number of benzene rings is 2. The smallest absolute Gasteiger partial charge is 0.270 e. The highest BCUT2D eigenvalue weighted by Crippen LogP contribution is 2.26. The van der Waals surface area contributed by atoms with Crippen LogP contribution in [0.25, 0.3) is 6.08 Å². The topological polar surface area (TPSA) is 93.5 Å². The van der Waals surface area contributed by atoms with E-state index < -0.39 is 10.8 Å². The first-order chi connectivity index (χ1) is 15.5. The van der Waals surface area contributed by atoms with E-state index in [9.17, 15) is 14.9 Å². The van der Waals surface area contributed by atoms with Crippen molar-refractivity contribution < 1.29 is 14.5 Å². The van der Waals surface area contributed by atoms with Crippen molar-refractivity contribution in [3.05, 3.63) is 70.3 Å². The summed E-state index contributed by atoms with van der Waals surface area (Å²) in [7, 11) is 0. The lowest BCUT2D eigenvalue weighted by Gasteiger charge is -2.21. The number of rotatable bonds is 8. The monoisotopic (exact) mass is 453 g/mol. The molecule has 3 rings (SSSR count). The fourth-order valence-corrected chi connectivity index (χ4v) is 3.90. The zero-order valence-corrected chi connectivity index (χ0v) is 18.6. The van der Waals surface area contributed by atoms with Gasteiger partial charge in [-0.3, -0.25) is 20.2 Å². The summed E-state index contributed by atoms with van der Waals surface area (Å²) >= 11 is 5.18. The van der Waals surface area contributed by atoms with Gasteiger partial charge in [-0.15, -0.1) is 0 Å². The predicted molar refractivity (Wildman–Crippen MR) is 130 cm³/mol. The van der Waals surface area contributed by atoms with Gasteiger partial charge in [0.15, 0.2) is 5.11 Å². The second kappa shape index (κ2) is 12.0. The van der Waals surface area contributed by atoms with Crippen LogP contribution in [0.15, 0.2) is 54.6 Å². The Labute approximate surface area is 193 Å². The molecule has 168 valence electrons. The maximum atomic E-state index is 12.1.